The number of nitrogens with zero attached hydrogens (tertiary/aromatic N) is 1. The van der Waals surface area contributed by atoms with Gasteiger partial charge in [-0.3, -0.25) is 9.59 Å². The number of rotatable bonds is 5. The molecule has 0 aromatic heterocycles. The quantitative estimate of drug-likeness (QED) is 0.721. The van der Waals surface area contributed by atoms with E-state index in [4.69, 9.17) is 0 Å². The number of allylic oxidation sites excluding steroid dienone is 4. The molecule has 1 aliphatic carbocycles. The number of dihydropyridines is 1. The van der Waals surface area contributed by atoms with Gasteiger partial charge >= 0.3 is 0 Å². The molecule has 0 bridgehead atoms. The maximum atomic E-state index is 13.4. The summed E-state index contributed by atoms with van der Waals surface area (Å²) < 4.78 is 13.4. The van der Waals surface area contributed by atoms with E-state index in [0.29, 0.717) is 37.5 Å². The first-order valence-electron chi connectivity index (χ1n) is 10.9. The van der Waals surface area contributed by atoms with Gasteiger partial charge in [0.1, 0.15) is 11.9 Å². The smallest absolute Gasteiger partial charge is 0.251 e. The molecule has 0 aromatic carbocycles. The second kappa shape index (κ2) is 9.19. The van der Waals surface area contributed by atoms with Gasteiger partial charge in [-0.25, -0.2) is 4.39 Å². The largest absolute Gasteiger partial charge is 0.387 e. The summed E-state index contributed by atoms with van der Waals surface area (Å²) in [6.07, 6.45) is 10.9. The van der Waals surface area contributed by atoms with Gasteiger partial charge in [-0.05, 0) is 48.4 Å². The van der Waals surface area contributed by atoms with Crippen LogP contribution in [0.4, 0.5) is 4.39 Å². The minimum atomic E-state index is -0.556. The van der Waals surface area contributed by atoms with Crippen molar-refractivity contribution < 1.29 is 14.0 Å². The number of hydrogen-bond donors (Lipinski definition) is 2. The SMILES string of the molecule is CC(C)[C@@H](NC(=O)C1=CCNC=C1)C(=O)N1CCC(C2=CC=C(F)CC2)C(C)(C)C1. The zero-order chi connectivity index (χ0) is 21.9. The third kappa shape index (κ3) is 5.02. The van der Waals surface area contributed by atoms with E-state index in [1.807, 2.05) is 30.9 Å². The highest BCUT2D eigenvalue weighted by atomic mass is 19.1. The molecule has 2 amide bonds. The van der Waals surface area contributed by atoms with Gasteiger partial charge in [0.2, 0.25) is 5.91 Å². The highest BCUT2D eigenvalue weighted by Gasteiger charge is 2.41. The molecule has 5 nitrogen and oxygen atoms in total. The third-order valence-electron chi connectivity index (χ3n) is 6.42. The Morgan fingerprint density at radius 3 is 2.60 bits per heavy atom. The lowest BCUT2D eigenvalue weighted by Gasteiger charge is -2.46. The summed E-state index contributed by atoms with van der Waals surface area (Å²) in [5.74, 6) is 0.0336. The number of halogens is 1. The lowest BCUT2D eigenvalue weighted by molar-refractivity contribution is -0.140. The third-order valence-corrected chi connectivity index (χ3v) is 6.42. The van der Waals surface area contributed by atoms with E-state index in [1.54, 1.807) is 18.4 Å². The number of piperidine rings is 1. The van der Waals surface area contributed by atoms with Gasteiger partial charge in [0.15, 0.2) is 0 Å². The first-order chi connectivity index (χ1) is 14.2. The molecule has 2 atom stereocenters. The van der Waals surface area contributed by atoms with E-state index < -0.39 is 6.04 Å². The van der Waals surface area contributed by atoms with Crippen LogP contribution in [0.3, 0.4) is 0 Å². The predicted molar refractivity (Wildman–Crippen MR) is 117 cm³/mol. The van der Waals surface area contributed by atoms with E-state index in [2.05, 4.69) is 24.5 Å². The van der Waals surface area contributed by atoms with Crippen LogP contribution < -0.4 is 10.6 Å². The molecule has 1 saturated heterocycles. The van der Waals surface area contributed by atoms with E-state index >= 15 is 0 Å². The monoisotopic (exact) mass is 415 g/mol. The lowest BCUT2D eigenvalue weighted by Crippen LogP contribution is -2.56. The van der Waals surface area contributed by atoms with Crippen LogP contribution in [0.25, 0.3) is 0 Å². The Bertz CT molecular complexity index is 807. The summed E-state index contributed by atoms with van der Waals surface area (Å²) in [5.41, 5.74) is 1.76. The summed E-state index contributed by atoms with van der Waals surface area (Å²) in [6, 6.07) is -0.556. The summed E-state index contributed by atoms with van der Waals surface area (Å²) in [6.45, 7) is 10.2. The Balaban J connectivity index is 1.68. The summed E-state index contributed by atoms with van der Waals surface area (Å²) in [7, 11) is 0. The highest BCUT2D eigenvalue weighted by molar-refractivity contribution is 5.99. The van der Waals surface area contributed by atoms with Gasteiger partial charge in [-0.15, -0.1) is 0 Å². The Hall–Kier alpha value is -2.37. The van der Waals surface area contributed by atoms with E-state index in [9.17, 15) is 14.0 Å². The number of carbonyl (C=O) groups excluding carboxylic acids is 2. The molecule has 3 aliphatic rings. The minimum absolute atomic E-state index is 0.0113. The van der Waals surface area contributed by atoms with Gasteiger partial charge in [0.05, 0.1) is 0 Å². The fourth-order valence-corrected chi connectivity index (χ4v) is 4.71. The van der Waals surface area contributed by atoms with Crippen LogP contribution in [-0.2, 0) is 9.59 Å². The van der Waals surface area contributed by atoms with E-state index in [1.165, 1.54) is 5.57 Å². The van der Waals surface area contributed by atoms with Crippen molar-refractivity contribution in [2.45, 2.75) is 53.0 Å². The summed E-state index contributed by atoms with van der Waals surface area (Å²) >= 11 is 0. The molecule has 3 rings (SSSR count). The van der Waals surface area contributed by atoms with Crippen molar-refractivity contribution in [2.24, 2.45) is 17.3 Å². The molecule has 0 spiro atoms. The summed E-state index contributed by atoms with van der Waals surface area (Å²) in [5, 5.41) is 5.97. The molecule has 2 N–H and O–H groups in total. The van der Waals surface area contributed by atoms with Crippen molar-refractivity contribution in [3.8, 4) is 0 Å². The normalized spacial score (nSPS) is 24.4. The molecular weight excluding hydrogens is 381 g/mol. The van der Waals surface area contributed by atoms with E-state index in [0.717, 1.165) is 12.8 Å². The van der Waals surface area contributed by atoms with E-state index in [-0.39, 0.29) is 29.0 Å². The average Bonchev–Trinajstić information content (AvgIpc) is 2.72. The van der Waals surface area contributed by atoms with Crippen LogP contribution in [0.5, 0.6) is 0 Å². The molecule has 2 aliphatic heterocycles. The number of hydrogen-bond acceptors (Lipinski definition) is 3. The first kappa shape index (κ1) is 22.3. The van der Waals surface area contributed by atoms with Crippen molar-refractivity contribution in [3.05, 3.63) is 47.5 Å². The summed E-state index contributed by atoms with van der Waals surface area (Å²) in [4.78, 5) is 27.9. The molecule has 30 heavy (non-hydrogen) atoms. The average molecular weight is 416 g/mol. The zero-order valence-electron chi connectivity index (χ0n) is 18.5. The molecule has 0 saturated carbocycles. The van der Waals surface area contributed by atoms with Gasteiger partial charge in [0, 0.05) is 31.6 Å². The molecule has 0 aromatic rings. The van der Waals surface area contributed by atoms with Gasteiger partial charge < -0.3 is 15.5 Å². The number of nitrogens with one attached hydrogen (secondary N) is 2. The van der Waals surface area contributed by atoms with Gasteiger partial charge in [-0.1, -0.05) is 45.4 Å². The number of likely N-dealkylation sites (tertiary alicyclic amines) is 1. The minimum Gasteiger partial charge on any atom is -0.387 e. The molecule has 0 radical (unpaired) electrons. The fraction of sp³-hybridized carbons (Fsp3) is 0.583. The topological polar surface area (TPSA) is 61.4 Å². The van der Waals surface area contributed by atoms with Gasteiger partial charge in [0.25, 0.3) is 5.91 Å². The molecule has 1 fully saturated rings. The molecular formula is C24H34FN3O2. The maximum absolute atomic E-state index is 13.4. The predicted octanol–water partition coefficient (Wildman–Crippen LogP) is 3.62. The van der Waals surface area contributed by atoms with Crippen molar-refractivity contribution >= 4 is 11.8 Å². The van der Waals surface area contributed by atoms with Crippen molar-refractivity contribution in [1.29, 1.82) is 0 Å². The number of carbonyl (C=O) groups is 2. The van der Waals surface area contributed by atoms with Crippen LogP contribution in [0, 0.1) is 17.3 Å². The molecule has 164 valence electrons. The van der Waals surface area contributed by atoms with Crippen molar-refractivity contribution in [1.82, 2.24) is 15.5 Å². The molecule has 1 unspecified atom stereocenters. The Morgan fingerprint density at radius 2 is 2.03 bits per heavy atom. The Labute approximate surface area is 179 Å². The van der Waals surface area contributed by atoms with Crippen LogP contribution in [0.15, 0.2) is 47.5 Å². The Kier molecular flexibility index (Phi) is 6.84. The zero-order valence-corrected chi connectivity index (χ0v) is 18.5. The molecule has 6 heteroatoms. The second-order valence-electron chi connectivity index (χ2n) is 9.54. The standard InChI is InChI=1S/C24H34FN3O2/c1-16(2)21(27-22(29)18-9-12-26-13-10-18)23(30)28-14-11-20(24(3,4)15-28)17-5-7-19(25)8-6-17/h5,7,9-10,12,16,20-21,26H,6,8,11,13-15H2,1-4H3,(H,27,29)/t20?,21-/m1/s1. The van der Waals surface area contributed by atoms with Crippen LogP contribution in [-0.4, -0.2) is 42.4 Å². The van der Waals surface area contributed by atoms with Crippen molar-refractivity contribution in [2.75, 3.05) is 19.6 Å². The second-order valence-corrected chi connectivity index (χ2v) is 9.54. The fourth-order valence-electron chi connectivity index (χ4n) is 4.71. The van der Waals surface area contributed by atoms with Crippen LogP contribution >= 0.6 is 0 Å². The van der Waals surface area contributed by atoms with Crippen molar-refractivity contribution in [3.63, 3.8) is 0 Å². The first-order valence-corrected chi connectivity index (χ1v) is 10.9. The molecule has 2 heterocycles. The number of amides is 2. The van der Waals surface area contributed by atoms with Crippen LogP contribution in [0.2, 0.25) is 0 Å². The van der Waals surface area contributed by atoms with Crippen LogP contribution in [0.1, 0.15) is 47.0 Å². The maximum Gasteiger partial charge on any atom is 0.251 e. The highest BCUT2D eigenvalue weighted by Crippen LogP contribution is 2.42. The lowest BCUT2D eigenvalue weighted by atomic mass is 9.68. The van der Waals surface area contributed by atoms with Gasteiger partial charge in [-0.2, -0.15) is 0 Å². The Morgan fingerprint density at radius 1 is 1.27 bits per heavy atom.